The maximum atomic E-state index is 12.3. The fourth-order valence-electron chi connectivity index (χ4n) is 2.47. The van der Waals surface area contributed by atoms with Crippen LogP contribution in [0, 0.1) is 6.92 Å². The minimum Gasteiger partial charge on any atom is -0.490 e. The quantitative estimate of drug-likeness (QED) is 0.481. The Labute approximate surface area is 165 Å². The molecule has 0 aliphatic rings. The third kappa shape index (κ3) is 6.63. The van der Waals surface area contributed by atoms with Gasteiger partial charge in [-0.15, -0.1) is 0 Å². The summed E-state index contributed by atoms with van der Waals surface area (Å²) in [5.74, 6) is 0.165. The maximum absolute atomic E-state index is 12.3. The topological polar surface area (TPSA) is 90.9 Å². The maximum Gasteiger partial charge on any atom is 0.338 e. The van der Waals surface area contributed by atoms with Gasteiger partial charge in [0.1, 0.15) is 19.0 Å². The molecule has 0 aliphatic heterocycles. The Bertz CT molecular complexity index is 880. The van der Waals surface area contributed by atoms with Gasteiger partial charge in [-0.1, -0.05) is 12.1 Å². The van der Waals surface area contributed by atoms with E-state index >= 15 is 0 Å². The smallest absolute Gasteiger partial charge is 0.338 e. The Morgan fingerprint density at radius 1 is 1.11 bits per heavy atom. The lowest BCUT2D eigenvalue weighted by atomic mass is 10.2. The molecule has 8 heteroatoms. The van der Waals surface area contributed by atoms with Crippen molar-refractivity contribution in [1.29, 1.82) is 0 Å². The number of methoxy groups -OCH3 is 1. The second kappa shape index (κ2) is 10.2. The van der Waals surface area contributed by atoms with Crippen LogP contribution in [0.25, 0.3) is 0 Å². The molecule has 0 saturated carbocycles. The molecule has 28 heavy (non-hydrogen) atoms. The minimum absolute atomic E-state index is 0.0646. The number of sulfonamides is 1. The van der Waals surface area contributed by atoms with Crippen LogP contribution in [0.2, 0.25) is 0 Å². The van der Waals surface area contributed by atoms with E-state index in [2.05, 4.69) is 4.72 Å². The lowest BCUT2D eigenvalue weighted by Crippen LogP contribution is -2.35. The summed E-state index contributed by atoms with van der Waals surface area (Å²) in [7, 11) is -2.18. The van der Waals surface area contributed by atoms with Crippen molar-refractivity contribution in [1.82, 2.24) is 4.72 Å². The molecular formula is C20H25NO6S. The molecule has 0 fully saturated rings. The van der Waals surface area contributed by atoms with Gasteiger partial charge in [-0.25, -0.2) is 17.9 Å². The highest BCUT2D eigenvalue weighted by Crippen LogP contribution is 2.13. The van der Waals surface area contributed by atoms with Crippen LogP contribution in [0.1, 0.15) is 22.8 Å². The van der Waals surface area contributed by atoms with E-state index in [-0.39, 0.29) is 36.3 Å². The molecule has 2 aromatic carbocycles. The van der Waals surface area contributed by atoms with E-state index < -0.39 is 16.0 Å². The molecule has 1 atom stereocenters. The molecule has 2 aromatic rings. The molecule has 2 rings (SSSR count). The van der Waals surface area contributed by atoms with Gasteiger partial charge < -0.3 is 14.2 Å². The van der Waals surface area contributed by atoms with Gasteiger partial charge >= 0.3 is 5.97 Å². The molecule has 0 unspecified atom stereocenters. The molecule has 0 radical (unpaired) electrons. The monoisotopic (exact) mass is 407 g/mol. The standard InChI is InChI=1S/C20H25NO6S/c1-15-5-4-6-18(13-15)26-11-12-27-20(22)17-7-9-19(10-8-17)28(23,24)21-16(2)14-25-3/h4-10,13,16,21H,11-12,14H2,1-3H3/t16-/m0/s1. The summed E-state index contributed by atoms with van der Waals surface area (Å²) in [5, 5.41) is 0. The SMILES string of the molecule is COC[C@H](C)NS(=O)(=O)c1ccc(C(=O)OCCOc2cccc(C)c2)cc1. The van der Waals surface area contributed by atoms with Crippen LogP contribution in [0.15, 0.2) is 53.4 Å². The van der Waals surface area contributed by atoms with Crippen molar-refractivity contribution >= 4 is 16.0 Å². The third-order valence-electron chi connectivity index (χ3n) is 3.75. The van der Waals surface area contributed by atoms with Crippen LogP contribution >= 0.6 is 0 Å². The van der Waals surface area contributed by atoms with E-state index in [4.69, 9.17) is 14.2 Å². The zero-order valence-electron chi connectivity index (χ0n) is 16.2. The van der Waals surface area contributed by atoms with Crippen LogP contribution in [0.5, 0.6) is 5.75 Å². The number of carbonyl (C=O) groups excluding carboxylic acids is 1. The number of benzene rings is 2. The normalized spacial score (nSPS) is 12.4. The zero-order chi connectivity index (χ0) is 20.6. The predicted octanol–water partition coefficient (Wildman–Crippen LogP) is 2.54. The molecule has 0 bridgehead atoms. The van der Waals surface area contributed by atoms with Crippen molar-refractivity contribution in [3.05, 3.63) is 59.7 Å². The van der Waals surface area contributed by atoms with E-state index in [0.717, 1.165) is 5.56 Å². The first-order chi connectivity index (χ1) is 13.3. The summed E-state index contributed by atoms with van der Waals surface area (Å²) in [4.78, 5) is 12.1. The van der Waals surface area contributed by atoms with Crippen LogP contribution in [-0.2, 0) is 19.5 Å². The molecule has 0 aliphatic carbocycles. The van der Waals surface area contributed by atoms with E-state index in [1.807, 2.05) is 31.2 Å². The second-order valence-electron chi connectivity index (χ2n) is 6.30. The third-order valence-corrected chi connectivity index (χ3v) is 5.35. The van der Waals surface area contributed by atoms with Crippen LogP contribution in [0.4, 0.5) is 0 Å². The average molecular weight is 407 g/mol. The first-order valence-electron chi connectivity index (χ1n) is 8.80. The van der Waals surface area contributed by atoms with Crippen LogP contribution in [-0.4, -0.2) is 47.4 Å². The highest BCUT2D eigenvalue weighted by Gasteiger charge is 2.18. The van der Waals surface area contributed by atoms with Gasteiger partial charge in [-0.2, -0.15) is 0 Å². The summed E-state index contributed by atoms with van der Waals surface area (Å²) in [6.07, 6.45) is 0. The highest BCUT2D eigenvalue weighted by atomic mass is 32.2. The van der Waals surface area contributed by atoms with Crippen molar-refractivity contribution in [3.63, 3.8) is 0 Å². The molecular weight excluding hydrogens is 382 g/mol. The largest absolute Gasteiger partial charge is 0.490 e. The van der Waals surface area contributed by atoms with Gasteiger partial charge in [-0.3, -0.25) is 0 Å². The Balaban J connectivity index is 1.85. The van der Waals surface area contributed by atoms with E-state index in [1.54, 1.807) is 6.92 Å². The van der Waals surface area contributed by atoms with Gasteiger partial charge in [0, 0.05) is 13.2 Å². The summed E-state index contributed by atoms with van der Waals surface area (Å²) in [6, 6.07) is 12.8. The van der Waals surface area contributed by atoms with Crippen molar-refractivity contribution in [2.24, 2.45) is 0 Å². The average Bonchev–Trinajstić information content (AvgIpc) is 2.65. The van der Waals surface area contributed by atoms with E-state index in [1.165, 1.54) is 31.4 Å². The second-order valence-corrected chi connectivity index (χ2v) is 8.02. The van der Waals surface area contributed by atoms with E-state index in [0.29, 0.717) is 5.75 Å². The molecule has 0 heterocycles. The lowest BCUT2D eigenvalue weighted by molar-refractivity contribution is 0.0450. The van der Waals surface area contributed by atoms with Gasteiger partial charge in [-0.05, 0) is 55.8 Å². The number of aryl methyl sites for hydroxylation is 1. The molecule has 1 N–H and O–H groups in total. The summed E-state index contributed by atoms with van der Waals surface area (Å²) < 4.78 is 42.6. The minimum atomic E-state index is -3.68. The first kappa shape index (κ1) is 21.9. The van der Waals surface area contributed by atoms with Gasteiger partial charge in [0.05, 0.1) is 17.1 Å². The van der Waals surface area contributed by atoms with Crippen LogP contribution < -0.4 is 9.46 Å². The first-order valence-corrected chi connectivity index (χ1v) is 10.3. The number of nitrogens with one attached hydrogen (secondary N) is 1. The van der Waals surface area contributed by atoms with Crippen LogP contribution in [0.3, 0.4) is 0 Å². The number of hydrogen-bond donors (Lipinski definition) is 1. The summed E-state index contributed by atoms with van der Waals surface area (Å²) in [6.45, 7) is 4.23. The number of esters is 1. The highest BCUT2D eigenvalue weighted by molar-refractivity contribution is 7.89. The molecule has 7 nitrogen and oxygen atoms in total. The molecule has 0 saturated heterocycles. The molecule has 152 valence electrons. The Morgan fingerprint density at radius 3 is 2.46 bits per heavy atom. The number of rotatable bonds is 10. The van der Waals surface area contributed by atoms with Crippen molar-refractivity contribution in [3.8, 4) is 5.75 Å². The number of carbonyl (C=O) groups is 1. The Kier molecular flexibility index (Phi) is 7.98. The fraction of sp³-hybridized carbons (Fsp3) is 0.350. The Hall–Kier alpha value is -2.42. The number of ether oxygens (including phenoxy) is 3. The van der Waals surface area contributed by atoms with Crippen molar-refractivity contribution < 1.29 is 27.4 Å². The Morgan fingerprint density at radius 2 is 1.82 bits per heavy atom. The van der Waals surface area contributed by atoms with Gasteiger partial charge in [0.15, 0.2) is 0 Å². The van der Waals surface area contributed by atoms with Crippen molar-refractivity contribution in [2.45, 2.75) is 24.8 Å². The van der Waals surface area contributed by atoms with Crippen molar-refractivity contribution in [2.75, 3.05) is 26.9 Å². The molecule has 0 amide bonds. The predicted molar refractivity (Wildman–Crippen MR) is 105 cm³/mol. The zero-order valence-corrected chi connectivity index (χ0v) is 17.0. The van der Waals surface area contributed by atoms with E-state index in [9.17, 15) is 13.2 Å². The summed E-state index contributed by atoms with van der Waals surface area (Å²) in [5.41, 5.74) is 1.34. The van der Waals surface area contributed by atoms with Gasteiger partial charge in [0.2, 0.25) is 10.0 Å². The van der Waals surface area contributed by atoms with Gasteiger partial charge in [0.25, 0.3) is 0 Å². The molecule has 0 spiro atoms. The lowest BCUT2D eigenvalue weighted by Gasteiger charge is -2.13. The fourth-order valence-corrected chi connectivity index (χ4v) is 3.70. The number of hydrogen-bond acceptors (Lipinski definition) is 6. The summed E-state index contributed by atoms with van der Waals surface area (Å²) >= 11 is 0. The molecule has 0 aromatic heterocycles.